The van der Waals surface area contributed by atoms with Gasteiger partial charge in [-0.2, -0.15) is 0 Å². The maximum Gasteiger partial charge on any atom is 0.0881 e. The van der Waals surface area contributed by atoms with Gasteiger partial charge in [-0.1, -0.05) is 154 Å². The fourth-order valence-electron chi connectivity index (χ4n) is 8.48. The third-order valence-electron chi connectivity index (χ3n) is 10.8. The number of aryl methyl sites for hydroxylation is 2. The Morgan fingerprint density at radius 2 is 1.15 bits per heavy atom. The predicted octanol–water partition coefficient (Wildman–Crippen LogP) is 13.3. The fourth-order valence-corrected chi connectivity index (χ4v) is 8.48. The first-order chi connectivity index (χ1) is 26.6. The van der Waals surface area contributed by atoms with E-state index in [0.717, 1.165) is 34.8 Å². The maximum absolute atomic E-state index is 4.44. The van der Waals surface area contributed by atoms with Crippen molar-refractivity contribution in [2.24, 2.45) is 0 Å². The summed E-state index contributed by atoms with van der Waals surface area (Å²) in [5.74, 6) is 0. The molecule has 2 aliphatic rings. The molecule has 1 atom stereocenters. The van der Waals surface area contributed by atoms with Crippen molar-refractivity contribution < 1.29 is 0 Å². The highest BCUT2D eigenvalue weighted by Gasteiger charge is 2.54. The molecular formula is C52H44N2. The van der Waals surface area contributed by atoms with Crippen molar-refractivity contribution in [3.8, 4) is 11.1 Å². The molecule has 0 fully saturated rings. The molecule has 0 bridgehead atoms. The maximum atomic E-state index is 4.44. The molecule has 8 rings (SSSR count). The summed E-state index contributed by atoms with van der Waals surface area (Å²) >= 11 is 0. The lowest BCUT2D eigenvalue weighted by molar-refractivity contribution is 0.741. The van der Waals surface area contributed by atoms with E-state index in [1.165, 1.54) is 50.2 Å². The molecule has 0 amide bonds. The lowest BCUT2D eigenvalue weighted by atomic mass is 9.71. The Morgan fingerprint density at radius 3 is 1.74 bits per heavy atom. The van der Waals surface area contributed by atoms with Crippen LogP contribution in [0.4, 0.5) is 17.1 Å². The Kier molecular flexibility index (Phi) is 9.42. The molecule has 6 aromatic carbocycles. The van der Waals surface area contributed by atoms with E-state index in [1.54, 1.807) is 0 Å². The SMILES string of the molecule is C=C/C=C\C=C/N(C1=C(/C=C(\C=C)N(c2ccccc2)c2ccccc2)c2ccccc2C12c1ccccc1-c1cc(C)c(CC)cc12)c1ccccc1. The number of nitrogens with zero attached hydrogens (tertiary/aromatic N) is 2. The molecular weight excluding hydrogens is 653 g/mol. The highest BCUT2D eigenvalue weighted by Crippen LogP contribution is 2.63. The van der Waals surface area contributed by atoms with Gasteiger partial charge in [0.25, 0.3) is 0 Å². The molecule has 0 radical (unpaired) electrons. The summed E-state index contributed by atoms with van der Waals surface area (Å²) in [5, 5.41) is 0. The van der Waals surface area contributed by atoms with Gasteiger partial charge in [-0.05, 0) is 112 Å². The molecule has 0 heterocycles. The van der Waals surface area contributed by atoms with E-state index in [-0.39, 0.29) is 0 Å². The van der Waals surface area contributed by atoms with E-state index < -0.39 is 5.41 Å². The zero-order chi connectivity index (χ0) is 37.1. The molecule has 6 aromatic rings. The van der Waals surface area contributed by atoms with Crippen LogP contribution in [0.5, 0.6) is 0 Å². The molecule has 54 heavy (non-hydrogen) atoms. The van der Waals surface area contributed by atoms with Gasteiger partial charge in [0.15, 0.2) is 0 Å². The average molecular weight is 697 g/mol. The van der Waals surface area contributed by atoms with Gasteiger partial charge in [0, 0.05) is 34.5 Å². The Morgan fingerprint density at radius 1 is 0.593 bits per heavy atom. The Bertz CT molecular complexity index is 2430. The summed E-state index contributed by atoms with van der Waals surface area (Å²) in [4.78, 5) is 4.71. The highest BCUT2D eigenvalue weighted by molar-refractivity contribution is 5.99. The molecule has 0 aliphatic heterocycles. The second-order valence-corrected chi connectivity index (χ2v) is 13.7. The van der Waals surface area contributed by atoms with E-state index in [9.17, 15) is 0 Å². The molecule has 0 N–H and O–H groups in total. The summed E-state index contributed by atoms with van der Waals surface area (Å²) in [6, 6.07) is 54.8. The molecule has 1 unspecified atom stereocenters. The monoisotopic (exact) mass is 696 g/mol. The van der Waals surface area contributed by atoms with Gasteiger partial charge >= 0.3 is 0 Å². The summed E-state index contributed by atoms with van der Waals surface area (Å²) in [5.41, 5.74) is 16.2. The van der Waals surface area contributed by atoms with Crippen LogP contribution in [0.3, 0.4) is 0 Å². The Hall–Kier alpha value is -6.64. The van der Waals surface area contributed by atoms with Gasteiger partial charge in [-0.25, -0.2) is 0 Å². The van der Waals surface area contributed by atoms with E-state index in [1.807, 2.05) is 24.3 Å². The number of rotatable bonds is 11. The minimum atomic E-state index is -0.620. The summed E-state index contributed by atoms with van der Waals surface area (Å²) in [7, 11) is 0. The molecule has 0 saturated carbocycles. The second-order valence-electron chi connectivity index (χ2n) is 13.7. The van der Waals surface area contributed by atoms with Crippen molar-refractivity contribution in [3.63, 3.8) is 0 Å². The first-order valence-electron chi connectivity index (χ1n) is 18.7. The zero-order valence-corrected chi connectivity index (χ0v) is 31.0. The van der Waals surface area contributed by atoms with Gasteiger partial charge in [-0.15, -0.1) is 0 Å². The second kappa shape index (κ2) is 14.8. The van der Waals surface area contributed by atoms with Crippen molar-refractivity contribution in [1.29, 1.82) is 0 Å². The summed E-state index contributed by atoms with van der Waals surface area (Å²) < 4.78 is 0. The van der Waals surface area contributed by atoms with Crippen LogP contribution in [0.1, 0.15) is 40.3 Å². The highest BCUT2D eigenvalue weighted by atomic mass is 15.2. The third kappa shape index (κ3) is 5.68. The van der Waals surface area contributed by atoms with E-state index in [4.69, 9.17) is 0 Å². The number of hydrogen-bond donors (Lipinski definition) is 0. The van der Waals surface area contributed by atoms with Crippen LogP contribution >= 0.6 is 0 Å². The first kappa shape index (κ1) is 34.4. The van der Waals surface area contributed by atoms with Gasteiger partial charge < -0.3 is 9.80 Å². The van der Waals surface area contributed by atoms with Crippen molar-refractivity contribution in [2.75, 3.05) is 9.80 Å². The molecule has 2 aliphatic carbocycles. The van der Waals surface area contributed by atoms with E-state index in [0.29, 0.717) is 0 Å². The quantitative estimate of drug-likeness (QED) is 0.124. The van der Waals surface area contributed by atoms with Gasteiger partial charge in [0.2, 0.25) is 0 Å². The molecule has 2 heteroatoms. The predicted molar refractivity (Wildman–Crippen MR) is 230 cm³/mol. The lowest BCUT2D eigenvalue weighted by Crippen LogP contribution is -2.35. The van der Waals surface area contributed by atoms with Crippen LogP contribution in [0, 0.1) is 6.92 Å². The van der Waals surface area contributed by atoms with Crippen LogP contribution in [-0.2, 0) is 11.8 Å². The number of hydrogen-bond acceptors (Lipinski definition) is 2. The zero-order valence-electron chi connectivity index (χ0n) is 31.0. The Balaban J connectivity index is 1.54. The van der Waals surface area contributed by atoms with Crippen LogP contribution in [0.25, 0.3) is 16.7 Å². The number of fused-ring (bicyclic) bond motifs is 7. The van der Waals surface area contributed by atoms with Crippen molar-refractivity contribution in [3.05, 3.63) is 252 Å². The standard InChI is InChI=1S/C52H44N2/c1-5-8-9-23-34-53(41-24-13-10-14-25-41)51-47(37-40(7-3)54(42-26-15-11-16-27-42)43-28-17-12-18-29-43)45-31-20-22-33-49(45)52(51)48-32-21-19-30-44(48)46-35-38(4)39(6-2)36-50(46)52/h5,7-37H,1,3,6H2,2,4H3/b9-8-,34-23-,40-37+. The summed E-state index contributed by atoms with van der Waals surface area (Å²) in [6.45, 7) is 12.9. The molecule has 0 aromatic heterocycles. The molecule has 1 spiro atoms. The lowest BCUT2D eigenvalue weighted by Gasteiger charge is -2.38. The van der Waals surface area contributed by atoms with Gasteiger partial charge in [-0.3, -0.25) is 0 Å². The van der Waals surface area contributed by atoms with Gasteiger partial charge in [0.1, 0.15) is 0 Å². The Labute approximate surface area is 320 Å². The fraction of sp³-hybridized carbons (Fsp3) is 0.0769. The molecule has 2 nitrogen and oxygen atoms in total. The smallest absolute Gasteiger partial charge is 0.0881 e. The first-order valence-corrected chi connectivity index (χ1v) is 18.7. The van der Waals surface area contributed by atoms with Crippen LogP contribution in [0.2, 0.25) is 0 Å². The minimum absolute atomic E-state index is 0.620. The van der Waals surface area contributed by atoms with Crippen molar-refractivity contribution in [1.82, 2.24) is 0 Å². The number of para-hydroxylation sites is 3. The summed E-state index contributed by atoms with van der Waals surface area (Å²) in [6.07, 6.45) is 15.5. The number of allylic oxidation sites excluding steroid dienone is 8. The molecule has 262 valence electrons. The minimum Gasteiger partial charge on any atom is -0.319 e. The number of benzene rings is 6. The van der Waals surface area contributed by atoms with E-state index in [2.05, 4.69) is 207 Å². The van der Waals surface area contributed by atoms with Crippen LogP contribution in [-0.4, -0.2) is 0 Å². The normalized spacial score (nSPS) is 15.8. The molecule has 0 saturated heterocycles. The van der Waals surface area contributed by atoms with E-state index >= 15 is 0 Å². The topological polar surface area (TPSA) is 6.48 Å². The van der Waals surface area contributed by atoms with Crippen molar-refractivity contribution >= 4 is 22.6 Å². The average Bonchev–Trinajstić information content (AvgIpc) is 3.67. The van der Waals surface area contributed by atoms with Crippen LogP contribution < -0.4 is 9.80 Å². The van der Waals surface area contributed by atoms with Crippen LogP contribution in [0.15, 0.2) is 219 Å². The number of anilines is 3. The third-order valence-corrected chi connectivity index (χ3v) is 10.8. The van der Waals surface area contributed by atoms with Crippen molar-refractivity contribution in [2.45, 2.75) is 25.7 Å². The largest absolute Gasteiger partial charge is 0.319 e. The van der Waals surface area contributed by atoms with Gasteiger partial charge in [0.05, 0.1) is 11.1 Å².